The van der Waals surface area contributed by atoms with Crippen LogP contribution in [0.2, 0.25) is 0 Å². The van der Waals surface area contributed by atoms with Crippen LogP contribution in [0.15, 0.2) is 12.3 Å². The smallest absolute Gasteiger partial charge is 0.412 e. The monoisotopic (exact) mass is 169 g/mol. The van der Waals surface area contributed by atoms with E-state index >= 15 is 0 Å². The van der Waals surface area contributed by atoms with E-state index in [9.17, 15) is 4.79 Å². The SMILES string of the molecule is O=C1OCCN1C1CCC=CO1. The third-order valence-corrected chi connectivity index (χ3v) is 2.05. The van der Waals surface area contributed by atoms with E-state index in [0.29, 0.717) is 13.2 Å². The molecule has 0 aromatic heterocycles. The van der Waals surface area contributed by atoms with Crippen molar-refractivity contribution in [3.63, 3.8) is 0 Å². The van der Waals surface area contributed by atoms with Gasteiger partial charge in [-0.15, -0.1) is 0 Å². The van der Waals surface area contributed by atoms with Gasteiger partial charge in [0.1, 0.15) is 6.61 Å². The standard InChI is InChI=1S/C8H11NO3/c10-8-9(4-6-12-8)7-3-1-2-5-11-7/h2,5,7H,1,3-4,6H2. The first-order valence-corrected chi connectivity index (χ1v) is 4.12. The Bertz CT molecular complexity index is 214. The lowest BCUT2D eigenvalue weighted by atomic mass is 10.2. The summed E-state index contributed by atoms with van der Waals surface area (Å²) < 4.78 is 10.1. The van der Waals surface area contributed by atoms with Crippen molar-refractivity contribution in [3.8, 4) is 0 Å². The molecule has 1 amide bonds. The fourth-order valence-corrected chi connectivity index (χ4v) is 1.42. The highest BCUT2D eigenvalue weighted by Crippen LogP contribution is 2.18. The molecule has 2 heterocycles. The molecule has 4 heteroatoms. The molecule has 0 aromatic carbocycles. The first-order chi connectivity index (χ1) is 5.88. The molecular weight excluding hydrogens is 158 g/mol. The lowest BCUT2D eigenvalue weighted by molar-refractivity contribution is 0.0106. The molecule has 0 radical (unpaired) electrons. The van der Waals surface area contributed by atoms with Crippen molar-refractivity contribution in [2.24, 2.45) is 0 Å². The van der Waals surface area contributed by atoms with Crippen molar-refractivity contribution in [1.29, 1.82) is 0 Å². The fourth-order valence-electron chi connectivity index (χ4n) is 1.42. The molecule has 1 atom stereocenters. The van der Waals surface area contributed by atoms with Gasteiger partial charge in [-0.3, -0.25) is 4.90 Å². The van der Waals surface area contributed by atoms with Gasteiger partial charge in [0.05, 0.1) is 12.8 Å². The largest absolute Gasteiger partial charge is 0.478 e. The first kappa shape index (κ1) is 7.46. The average Bonchev–Trinajstić information content (AvgIpc) is 2.53. The number of nitrogens with zero attached hydrogens (tertiary/aromatic N) is 1. The quantitative estimate of drug-likeness (QED) is 0.589. The van der Waals surface area contributed by atoms with Gasteiger partial charge in [0.15, 0.2) is 6.23 Å². The molecule has 66 valence electrons. The van der Waals surface area contributed by atoms with Gasteiger partial charge < -0.3 is 9.47 Å². The minimum absolute atomic E-state index is 0.106. The Morgan fingerprint density at radius 2 is 2.50 bits per heavy atom. The zero-order valence-electron chi connectivity index (χ0n) is 6.73. The second kappa shape index (κ2) is 3.05. The van der Waals surface area contributed by atoms with E-state index in [0.717, 1.165) is 12.8 Å². The van der Waals surface area contributed by atoms with E-state index < -0.39 is 0 Å². The van der Waals surface area contributed by atoms with Gasteiger partial charge in [-0.05, 0) is 12.5 Å². The molecule has 0 bridgehead atoms. The number of carbonyl (C=O) groups is 1. The molecule has 2 aliphatic rings. The van der Waals surface area contributed by atoms with Crippen LogP contribution in [0, 0.1) is 0 Å². The van der Waals surface area contributed by atoms with Gasteiger partial charge in [-0.2, -0.15) is 0 Å². The maximum atomic E-state index is 11.1. The number of allylic oxidation sites excluding steroid dienone is 1. The van der Waals surface area contributed by atoms with E-state index in [1.165, 1.54) is 0 Å². The van der Waals surface area contributed by atoms with Crippen molar-refractivity contribution in [3.05, 3.63) is 12.3 Å². The Morgan fingerprint density at radius 3 is 3.08 bits per heavy atom. The summed E-state index contributed by atoms with van der Waals surface area (Å²) in [5.41, 5.74) is 0. The minimum Gasteiger partial charge on any atom is -0.478 e. The molecule has 2 aliphatic heterocycles. The van der Waals surface area contributed by atoms with Crippen LogP contribution in [0.1, 0.15) is 12.8 Å². The normalized spacial score (nSPS) is 28.5. The highest BCUT2D eigenvalue weighted by Gasteiger charge is 2.30. The van der Waals surface area contributed by atoms with Crippen molar-refractivity contribution in [2.45, 2.75) is 19.1 Å². The highest BCUT2D eigenvalue weighted by molar-refractivity contribution is 5.69. The second-order valence-electron chi connectivity index (χ2n) is 2.85. The van der Waals surface area contributed by atoms with Crippen molar-refractivity contribution >= 4 is 6.09 Å². The van der Waals surface area contributed by atoms with Crippen LogP contribution in [0.25, 0.3) is 0 Å². The Labute approximate surface area is 70.7 Å². The molecule has 2 rings (SSSR count). The van der Waals surface area contributed by atoms with E-state index in [-0.39, 0.29) is 12.3 Å². The Kier molecular flexibility index (Phi) is 1.89. The first-order valence-electron chi connectivity index (χ1n) is 4.12. The summed E-state index contributed by atoms with van der Waals surface area (Å²) in [5.74, 6) is 0. The minimum atomic E-state index is -0.254. The van der Waals surface area contributed by atoms with Crippen molar-refractivity contribution in [1.82, 2.24) is 4.90 Å². The summed E-state index contributed by atoms with van der Waals surface area (Å²) >= 11 is 0. The summed E-state index contributed by atoms with van der Waals surface area (Å²) in [6.07, 6.45) is 5.08. The second-order valence-corrected chi connectivity index (χ2v) is 2.85. The fraction of sp³-hybridized carbons (Fsp3) is 0.625. The molecule has 1 unspecified atom stereocenters. The molecular formula is C8H11NO3. The number of rotatable bonds is 1. The predicted octanol–water partition coefficient (Wildman–Crippen LogP) is 1.09. The maximum absolute atomic E-state index is 11.1. The third-order valence-electron chi connectivity index (χ3n) is 2.05. The van der Waals surface area contributed by atoms with Crippen molar-refractivity contribution in [2.75, 3.05) is 13.2 Å². The summed E-state index contributed by atoms with van der Waals surface area (Å²) in [4.78, 5) is 12.7. The van der Waals surface area contributed by atoms with Crippen LogP contribution >= 0.6 is 0 Å². The van der Waals surface area contributed by atoms with E-state index in [1.54, 1.807) is 11.2 Å². The topological polar surface area (TPSA) is 38.8 Å². The molecule has 0 N–H and O–H groups in total. The van der Waals surface area contributed by atoms with Gasteiger partial charge in [-0.1, -0.05) is 0 Å². The van der Waals surface area contributed by atoms with E-state index in [2.05, 4.69) is 0 Å². The number of carbonyl (C=O) groups excluding carboxylic acids is 1. The Hall–Kier alpha value is -1.19. The number of hydrogen-bond donors (Lipinski definition) is 0. The zero-order valence-corrected chi connectivity index (χ0v) is 6.73. The summed E-state index contributed by atoms with van der Waals surface area (Å²) in [6, 6.07) is 0. The summed E-state index contributed by atoms with van der Waals surface area (Å²) in [5, 5.41) is 0. The molecule has 4 nitrogen and oxygen atoms in total. The number of cyclic esters (lactones) is 1. The lowest BCUT2D eigenvalue weighted by Gasteiger charge is -2.26. The summed E-state index contributed by atoms with van der Waals surface area (Å²) in [7, 11) is 0. The molecule has 0 aromatic rings. The van der Waals surface area contributed by atoms with Crippen LogP contribution < -0.4 is 0 Å². The Balaban J connectivity index is 1.99. The third kappa shape index (κ3) is 1.24. The average molecular weight is 169 g/mol. The zero-order chi connectivity index (χ0) is 8.39. The molecule has 0 saturated carbocycles. The van der Waals surface area contributed by atoms with Crippen LogP contribution in [0.3, 0.4) is 0 Å². The van der Waals surface area contributed by atoms with Gasteiger partial charge in [0, 0.05) is 6.42 Å². The molecule has 12 heavy (non-hydrogen) atoms. The number of hydrogen-bond acceptors (Lipinski definition) is 3. The Morgan fingerprint density at radius 1 is 1.58 bits per heavy atom. The maximum Gasteiger partial charge on any atom is 0.412 e. The predicted molar refractivity (Wildman–Crippen MR) is 41.3 cm³/mol. The van der Waals surface area contributed by atoms with Crippen LogP contribution in [-0.2, 0) is 9.47 Å². The van der Waals surface area contributed by atoms with Gasteiger partial charge in [0.2, 0.25) is 0 Å². The molecule has 1 fully saturated rings. The summed E-state index contributed by atoms with van der Waals surface area (Å²) in [6.45, 7) is 1.14. The van der Waals surface area contributed by atoms with Crippen LogP contribution in [0.5, 0.6) is 0 Å². The van der Waals surface area contributed by atoms with Gasteiger partial charge >= 0.3 is 6.09 Å². The van der Waals surface area contributed by atoms with Crippen LogP contribution in [0.4, 0.5) is 4.79 Å². The number of amides is 1. The highest BCUT2D eigenvalue weighted by atomic mass is 16.6. The van der Waals surface area contributed by atoms with Crippen molar-refractivity contribution < 1.29 is 14.3 Å². The lowest BCUT2D eigenvalue weighted by Crippen LogP contribution is -2.37. The number of ether oxygens (including phenoxy) is 2. The molecule has 0 spiro atoms. The van der Waals surface area contributed by atoms with Gasteiger partial charge in [-0.25, -0.2) is 4.79 Å². The molecule has 0 aliphatic carbocycles. The van der Waals surface area contributed by atoms with Gasteiger partial charge in [0.25, 0.3) is 0 Å². The van der Waals surface area contributed by atoms with E-state index in [4.69, 9.17) is 9.47 Å². The molecule has 1 saturated heterocycles. The van der Waals surface area contributed by atoms with E-state index in [1.807, 2.05) is 6.08 Å². The van der Waals surface area contributed by atoms with Crippen LogP contribution in [-0.4, -0.2) is 30.4 Å².